The van der Waals surface area contributed by atoms with Crippen molar-refractivity contribution < 1.29 is 4.39 Å². The van der Waals surface area contributed by atoms with Crippen LogP contribution in [0.5, 0.6) is 0 Å². The first-order valence-electron chi connectivity index (χ1n) is 4.79. The molecule has 0 aromatic heterocycles. The molecule has 16 heavy (non-hydrogen) atoms. The Balaban J connectivity index is 2.59. The Morgan fingerprint density at radius 3 is 2.25 bits per heavy atom. The van der Waals surface area contributed by atoms with Crippen molar-refractivity contribution in [1.82, 2.24) is 0 Å². The van der Waals surface area contributed by atoms with E-state index in [4.69, 9.17) is 23.2 Å². The molecule has 0 radical (unpaired) electrons. The van der Waals surface area contributed by atoms with Crippen molar-refractivity contribution in [3.8, 4) is 11.1 Å². The van der Waals surface area contributed by atoms with E-state index >= 15 is 0 Å². The molecule has 2 rings (SSSR count). The van der Waals surface area contributed by atoms with E-state index in [9.17, 15) is 4.39 Å². The second-order valence-corrected chi connectivity index (χ2v) is 4.46. The Hall–Kier alpha value is -1.05. The van der Waals surface area contributed by atoms with Gasteiger partial charge in [-0.3, -0.25) is 0 Å². The van der Waals surface area contributed by atoms with Crippen LogP contribution in [0.1, 0.15) is 5.56 Å². The summed E-state index contributed by atoms with van der Waals surface area (Å²) in [5.74, 6) is -0.435. The molecule has 0 fully saturated rings. The van der Waals surface area contributed by atoms with Crippen molar-refractivity contribution in [2.45, 2.75) is 6.92 Å². The molecule has 2 aromatic rings. The minimum atomic E-state index is -0.435. The third-order valence-corrected chi connectivity index (χ3v) is 2.85. The molecule has 0 unspecified atom stereocenters. The van der Waals surface area contributed by atoms with Gasteiger partial charge in [-0.05, 0) is 24.6 Å². The van der Waals surface area contributed by atoms with Crippen LogP contribution in [0.25, 0.3) is 11.1 Å². The first-order chi connectivity index (χ1) is 7.58. The van der Waals surface area contributed by atoms with E-state index < -0.39 is 5.82 Å². The van der Waals surface area contributed by atoms with Crippen molar-refractivity contribution in [2.75, 3.05) is 0 Å². The molecule has 0 saturated carbocycles. The van der Waals surface area contributed by atoms with E-state index in [1.165, 1.54) is 6.07 Å². The van der Waals surface area contributed by atoms with Crippen LogP contribution in [0.4, 0.5) is 4.39 Å². The quantitative estimate of drug-likeness (QED) is 0.621. The molecule has 0 saturated heterocycles. The van der Waals surface area contributed by atoms with Crippen LogP contribution in [0.2, 0.25) is 10.0 Å². The molecule has 82 valence electrons. The molecule has 0 aliphatic rings. The van der Waals surface area contributed by atoms with Crippen LogP contribution in [-0.2, 0) is 0 Å². The maximum atomic E-state index is 13.8. The zero-order valence-electron chi connectivity index (χ0n) is 8.60. The molecule has 0 aliphatic heterocycles. The van der Waals surface area contributed by atoms with Crippen molar-refractivity contribution >= 4 is 23.2 Å². The first-order valence-corrected chi connectivity index (χ1v) is 5.55. The lowest BCUT2D eigenvalue weighted by Gasteiger charge is -2.06. The van der Waals surface area contributed by atoms with Crippen molar-refractivity contribution in [1.29, 1.82) is 0 Å². The van der Waals surface area contributed by atoms with Gasteiger partial charge in [0.25, 0.3) is 0 Å². The summed E-state index contributed by atoms with van der Waals surface area (Å²) in [6.45, 7) is 1.98. The number of aryl methyl sites for hydroxylation is 1. The van der Waals surface area contributed by atoms with Crippen molar-refractivity contribution in [2.24, 2.45) is 0 Å². The largest absolute Gasteiger partial charge is 0.205 e. The van der Waals surface area contributed by atoms with Gasteiger partial charge in [0, 0.05) is 10.6 Å². The minimum Gasteiger partial charge on any atom is -0.205 e. The third-order valence-electron chi connectivity index (χ3n) is 2.36. The van der Waals surface area contributed by atoms with Crippen LogP contribution in [0, 0.1) is 12.7 Å². The number of hydrogen-bond acceptors (Lipinski definition) is 0. The molecule has 0 nitrogen and oxygen atoms in total. The average Bonchev–Trinajstić information content (AvgIpc) is 2.25. The number of hydrogen-bond donors (Lipinski definition) is 0. The zero-order valence-corrected chi connectivity index (χ0v) is 10.1. The Kier molecular flexibility index (Phi) is 3.17. The van der Waals surface area contributed by atoms with Gasteiger partial charge in [-0.1, -0.05) is 53.0 Å². The van der Waals surface area contributed by atoms with Crippen molar-refractivity contribution in [3.63, 3.8) is 0 Å². The van der Waals surface area contributed by atoms with Crippen LogP contribution < -0.4 is 0 Å². The highest BCUT2D eigenvalue weighted by atomic mass is 35.5. The summed E-state index contributed by atoms with van der Waals surface area (Å²) in [5, 5.41) is 0.477. The second kappa shape index (κ2) is 4.44. The summed E-state index contributed by atoms with van der Waals surface area (Å²) in [7, 11) is 0. The predicted octanol–water partition coefficient (Wildman–Crippen LogP) is 5.11. The van der Waals surface area contributed by atoms with Crippen LogP contribution in [0.15, 0.2) is 36.4 Å². The van der Waals surface area contributed by atoms with E-state index in [2.05, 4.69) is 0 Å². The van der Waals surface area contributed by atoms with Gasteiger partial charge in [0.2, 0.25) is 0 Å². The van der Waals surface area contributed by atoms with Gasteiger partial charge in [0.1, 0.15) is 5.82 Å². The molecule has 0 N–H and O–H groups in total. The molecule has 0 bridgehead atoms. The van der Waals surface area contributed by atoms with E-state index in [1.54, 1.807) is 6.07 Å². The van der Waals surface area contributed by atoms with E-state index in [0.29, 0.717) is 10.6 Å². The maximum Gasteiger partial charge on any atom is 0.149 e. The lowest BCUT2D eigenvalue weighted by atomic mass is 10.0. The Bertz CT molecular complexity index is 518. The van der Waals surface area contributed by atoms with Gasteiger partial charge in [0.05, 0.1) is 5.02 Å². The summed E-state index contributed by atoms with van der Waals surface area (Å²) < 4.78 is 13.8. The van der Waals surface area contributed by atoms with Gasteiger partial charge >= 0.3 is 0 Å². The van der Waals surface area contributed by atoms with Gasteiger partial charge in [-0.25, -0.2) is 4.39 Å². The summed E-state index contributed by atoms with van der Waals surface area (Å²) in [6.07, 6.45) is 0. The topological polar surface area (TPSA) is 0 Å². The molecular formula is C13H9Cl2F. The smallest absolute Gasteiger partial charge is 0.149 e. The van der Waals surface area contributed by atoms with Crippen LogP contribution >= 0.6 is 23.2 Å². The van der Waals surface area contributed by atoms with E-state index in [1.807, 2.05) is 31.2 Å². The lowest BCUT2D eigenvalue weighted by molar-refractivity contribution is 0.632. The summed E-state index contributed by atoms with van der Waals surface area (Å²) in [6, 6.07) is 10.5. The lowest BCUT2D eigenvalue weighted by Crippen LogP contribution is -1.86. The van der Waals surface area contributed by atoms with Gasteiger partial charge < -0.3 is 0 Å². The van der Waals surface area contributed by atoms with Gasteiger partial charge in [-0.15, -0.1) is 0 Å². The highest BCUT2D eigenvalue weighted by Crippen LogP contribution is 2.31. The first kappa shape index (κ1) is 11.4. The van der Waals surface area contributed by atoms with Gasteiger partial charge in [-0.2, -0.15) is 0 Å². The monoisotopic (exact) mass is 254 g/mol. The van der Waals surface area contributed by atoms with E-state index in [0.717, 1.165) is 11.1 Å². The fourth-order valence-corrected chi connectivity index (χ4v) is 1.99. The summed E-state index contributed by atoms with van der Waals surface area (Å²) >= 11 is 11.6. The predicted molar refractivity (Wildman–Crippen MR) is 66.6 cm³/mol. The highest BCUT2D eigenvalue weighted by molar-refractivity contribution is 6.35. The Morgan fingerprint density at radius 1 is 1.00 bits per heavy atom. The SMILES string of the molecule is Cc1ccc(-c2cc(Cl)cc(Cl)c2F)cc1. The zero-order chi connectivity index (χ0) is 11.7. The van der Waals surface area contributed by atoms with Crippen LogP contribution in [-0.4, -0.2) is 0 Å². The highest BCUT2D eigenvalue weighted by Gasteiger charge is 2.10. The normalized spacial score (nSPS) is 10.5. The molecule has 0 aliphatic carbocycles. The summed E-state index contributed by atoms with van der Waals surface area (Å²) in [5.41, 5.74) is 2.32. The molecule has 0 spiro atoms. The minimum absolute atomic E-state index is 0.0445. The fourth-order valence-electron chi connectivity index (χ4n) is 1.50. The maximum absolute atomic E-state index is 13.8. The van der Waals surface area contributed by atoms with Crippen molar-refractivity contribution in [3.05, 3.63) is 57.8 Å². The molecule has 0 atom stereocenters. The molecule has 2 aromatic carbocycles. The molecule has 0 heterocycles. The Labute approximate surface area is 104 Å². The molecule has 3 heteroatoms. The summed E-state index contributed by atoms with van der Waals surface area (Å²) in [4.78, 5) is 0. The van der Waals surface area contributed by atoms with E-state index in [-0.39, 0.29) is 5.02 Å². The second-order valence-electron chi connectivity index (χ2n) is 3.62. The Morgan fingerprint density at radius 2 is 1.62 bits per heavy atom. The third kappa shape index (κ3) is 2.21. The van der Waals surface area contributed by atoms with Gasteiger partial charge in [0.15, 0.2) is 0 Å². The molecular weight excluding hydrogens is 246 g/mol. The number of benzene rings is 2. The standard InChI is InChI=1S/C13H9Cl2F/c1-8-2-4-9(5-3-8)11-6-10(14)7-12(15)13(11)16/h2-7H,1H3. The number of halogens is 3. The molecule has 0 amide bonds. The fraction of sp³-hybridized carbons (Fsp3) is 0.0769. The number of rotatable bonds is 1. The van der Waals surface area contributed by atoms with Crippen LogP contribution in [0.3, 0.4) is 0 Å². The average molecular weight is 255 g/mol.